The molecular formula is C24H18N2O5S2. The lowest BCUT2D eigenvalue weighted by Gasteiger charge is -2.14. The van der Waals surface area contributed by atoms with E-state index in [4.69, 9.17) is 21.7 Å². The average Bonchev–Trinajstić information content (AvgIpc) is 3.11. The number of anilines is 1. The zero-order valence-electron chi connectivity index (χ0n) is 17.5. The minimum absolute atomic E-state index is 0.0260. The van der Waals surface area contributed by atoms with Crippen LogP contribution in [0.25, 0.3) is 6.08 Å². The van der Waals surface area contributed by atoms with E-state index in [9.17, 15) is 14.9 Å². The van der Waals surface area contributed by atoms with Gasteiger partial charge < -0.3 is 9.47 Å². The average molecular weight is 479 g/mol. The number of thiocarbonyl (C=S) groups is 1. The maximum absolute atomic E-state index is 13.1. The van der Waals surface area contributed by atoms with Gasteiger partial charge in [0, 0.05) is 17.7 Å². The van der Waals surface area contributed by atoms with Crippen LogP contribution < -0.4 is 14.4 Å². The van der Waals surface area contributed by atoms with Gasteiger partial charge in [-0.25, -0.2) is 0 Å². The smallest absolute Gasteiger partial charge is 0.270 e. The first-order valence-corrected chi connectivity index (χ1v) is 11.1. The fourth-order valence-corrected chi connectivity index (χ4v) is 4.46. The van der Waals surface area contributed by atoms with E-state index in [1.165, 1.54) is 28.8 Å². The zero-order valence-corrected chi connectivity index (χ0v) is 19.1. The Labute approximate surface area is 199 Å². The molecule has 0 unspecified atom stereocenters. The number of carbonyl (C=O) groups is 1. The topological polar surface area (TPSA) is 81.9 Å². The second-order valence-corrected chi connectivity index (χ2v) is 8.64. The van der Waals surface area contributed by atoms with Crippen LogP contribution in [0.15, 0.2) is 77.7 Å². The number of hydrogen-bond donors (Lipinski definition) is 0. The summed E-state index contributed by atoms with van der Waals surface area (Å²) in [6.07, 6.45) is 1.76. The Kier molecular flexibility index (Phi) is 6.71. The molecule has 9 heteroatoms. The van der Waals surface area contributed by atoms with Gasteiger partial charge in [0.25, 0.3) is 11.6 Å². The van der Waals surface area contributed by atoms with Gasteiger partial charge in [0.1, 0.15) is 18.1 Å². The molecule has 1 amide bonds. The SMILES string of the molecule is COc1ccc(N2C(=O)/C(=C/c3ccccc3OCc3ccc([N+](=O)[O-])cc3)SC2=S)cc1. The van der Waals surface area contributed by atoms with E-state index < -0.39 is 4.92 Å². The van der Waals surface area contributed by atoms with Crippen molar-refractivity contribution in [3.63, 3.8) is 0 Å². The van der Waals surface area contributed by atoms with E-state index in [1.54, 1.807) is 55.7 Å². The highest BCUT2D eigenvalue weighted by Crippen LogP contribution is 2.37. The van der Waals surface area contributed by atoms with E-state index in [2.05, 4.69) is 0 Å². The molecule has 7 nitrogen and oxygen atoms in total. The molecule has 1 aliphatic heterocycles. The molecule has 0 aliphatic carbocycles. The standard InChI is InChI=1S/C24H18N2O5S2/c1-30-20-12-10-18(11-13-20)25-23(27)22(33-24(25)32)14-17-4-2-3-5-21(17)31-15-16-6-8-19(9-7-16)26(28)29/h2-14H,15H2,1H3/b22-14-. The van der Waals surface area contributed by atoms with Crippen molar-refractivity contribution >= 4 is 51.7 Å². The number of amides is 1. The number of nitro groups is 1. The number of ether oxygens (including phenoxy) is 2. The van der Waals surface area contributed by atoms with Gasteiger partial charge in [-0.15, -0.1) is 0 Å². The normalized spacial score (nSPS) is 14.6. The lowest BCUT2D eigenvalue weighted by atomic mass is 10.1. The third-order valence-electron chi connectivity index (χ3n) is 4.87. The van der Waals surface area contributed by atoms with Crippen molar-refractivity contribution < 1.29 is 19.2 Å². The van der Waals surface area contributed by atoms with Crippen LogP contribution in [-0.4, -0.2) is 22.3 Å². The second-order valence-electron chi connectivity index (χ2n) is 6.97. The number of carbonyl (C=O) groups excluding carboxylic acids is 1. The van der Waals surface area contributed by atoms with Crippen LogP contribution in [0.4, 0.5) is 11.4 Å². The number of hydrogen-bond acceptors (Lipinski definition) is 7. The largest absolute Gasteiger partial charge is 0.497 e. The summed E-state index contributed by atoms with van der Waals surface area (Å²) in [6.45, 7) is 0.232. The fraction of sp³-hybridized carbons (Fsp3) is 0.0833. The van der Waals surface area contributed by atoms with Crippen LogP contribution in [-0.2, 0) is 11.4 Å². The number of benzene rings is 3. The lowest BCUT2D eigenvalue weighted by molar-refractivity contribution is -0.384. The maximum Gasteiger partial charge on any atom is 0.270 e. The van der Waals surface area contributed by atoms with E-state index in [0.717, 1.165) is 11.1 Å². The molecule has 166 valence electrons. The summed E-state index contributed by atoms with van der Waals surface area (Å²) >= 11 is 6.67. The Morgan fingerprint density at radius 2 is 1.76 bits per heavy atom. The Hall–Kier alpha value is -3.69. The van der Waals surface area contributed by atoms with Crippen LogP contribution in [0, 0.1) is 10.1 Å². The maximum atomic E-state index is 13.1. The predicted molar refractivity (Wildman–Crippen MR) is 133 cm³/mol. The highest BCUT2D eigenvalue weighted by atomic mass is 32.2. The summed E-state index contributed by atoms with van der Waals surface area (Å²) in [7, 11) is 1.58. The second kappa shape index (κ2) is 9.85. The molecule has 0 spiro atoms. The molecule has 0 radical (unpaired) electrons. The van der Waals surface area contributed by atoms with Gasteiger partial charge in [-0.3, -0.25) is 19.8 Å². The predicted octanol–water partition coefficient (Wildman–Crippen LogP) is 5.59. The minimum Gasteiger partial charge on any atom is -0.497 e. The van der Waals surface area contributed by atoms with Crippen molar-refractivity contribution in [1.82, 2.24) is 0 Å². The van der Waals surface area contributed by atoms with Crippen molar-refractivity contribution in [2.75, 3.05) is 12.0 Å². The summed E-state index contributed by atoms with van der Waals surface area (Å²) in [5.41, 5.74) is 2.22. The number of rotatable bonds is 7. The van der Waals surface area contributed by atoms with E-state index in [0.29, 0.717) is 26.4 Å². The summed E-state index contributed by atoms with van der Waals surface area (Å²) in [5.74, 6) is 1.07. The van der Waals surface area contributed by atoms with Crippen LogP contribution in [0.3, 0.4) is 0 Å². The molecule has 1 saturated heterocycles. The molecule has 0 aromatic heterocycles. The minimum atomic E-state index is -0.442. The number of methoxy groups -OCH3 is 1. The summed E-state index contributed by atoms with van der Waals surface area (Å²) in [6, 6.07) is 20.7. The molecule has 4 rings (SSSR count). The third kappa shape index (κ3) is 5.05. The molecule has 1 aliphatic rings. The molecule has 3 aromatic rings. The molecule has 33 heavy (non-hydrogen) atoms. The number of thioether (sulfide) groups is 1. The Morgan fingerprint density at radius 1 is 1.06 bits per heavy atom. The van der Waals surface area contributed by atoms with Crippen LogP contribution >= 0.6 is 24.0 Å². The molecule has 3 aromatic carbocycles. The molecular weight excluding hydrogens is 460 g/mol. The van der Waals surface area contributed by atoms with Crippen molar-refractivity contribution in [3.8, 4) is 11.5 Å². The van der Waals surface area contributed by atoms with Crippen molar-refractivity contribution in [1.29, 1.82) is 0 Å². The van der Waals surface area contributed by atoms with Crippen LogP contribution in [0.1, 0.15) is 11.1 Å². The molecule has 0 N–H and O–H groups in total. The fourth-order valence-electron chi connectivity index (χ4n) is 3.17. The zero-order chi connectivity index (χ0) is 23.4. The van der Waals surface area contributed by atoms with Gasteiger partial charge in [-0.2, -0.15) is 0 Å². The monoisotopic (exact) mass is 478 g/mol. The van der Waals surface area contributed by atoms with Crippen molar-refractivity contribution in [2.24, 2.45) is 0 Å². The first-order valence-electron chi connectivity index (χ1n) is 9.83. The Bertz CT molecular complexity index is 1240. The number of para-hydroxylation sites is 1. The summed E-state index contributed by atoms with van der Waals surface area (Å²) in [5, 5.41) is 10.8. The first kappa shape index (κ1) is 22.5. The highest BCUT2D eigenvalue weighted by Gasteiger charge is 2.33. The van der Waals surface area contributed by atoms with E-state index in [-0.39, 0.29) is 18.2 Å². The van der Waals surface area contributed by atoms with Crippen LogP contribution in [0.5, 0.6) is 11.5 Å². The van der Waals surface area contributed by atoms with Gasteiger partial charge in [0.05, 0.1) is 22.6 Å². The molecule has 0 saturated carbocycles. The van der Waals surface area contributed by atoms with E-state index >= 15 is 0 Å². The van der Waals surface area contributed by atoms with Crippen molar-refractivity contribution in [3.05, 3.63) is 98.9 Å². The lowest BCUT2D eigenvalue weighted by Crippen LogP contribution is -2.27. The number of nitro benzene ring substituents is 1. The first-order chi connectivity index (χ1) is 16.0. The van der Waals surface area contributed by atoms with Gasteiger partial charge in [0.15, 0.2) is 4.32 Å². The molecule has 1 heterocycles. The number of nitrogens with zero attached hydrogens (tertiary/aromatic N) is 2. The van der Waals surface area contributed by atoms with Gasteiger partial charge >= 0.3 is 0 Å². The summed E-state index contributed by atoms with van der Waals surface area (Å²) in [4.78, 5) is 25.4. The Balaban J connectivity index is 1.52. The quantitative estimate of drug-likeness (QED) is 0.190. The van der Waals surface area contributed by atoms with Crippen LogP contribution in [0.2, 0.25) is 0 Å². The molecule has 0 bridgehead atoms. The van der Waals surface area contributed by atoms with Crippen molar-refractivity contribution in [2.45, 2.75) is 6.61 Å². The summed E-state index contributed by atoms with van der Waals surface area (Å²) < 4.78 is 11.6. The third-order valence-corrected chi connectivity index (χ3v) is 6.17. The van der Waals surface area contributed by atoms with Gasteiger partial charge in [0.2, 0.25) is 0 Å². The highest BCUT2D eigenvalue weighted by molar-refractivity contribution is 8.27. The molecule has 0 atom stereocenters. The van der Waals surface area contributed by atoms with E-state index in [1.807, 2.05) is 18.2 Å². The van der Waals surface area contributed by atoms with Gasteiger partial charge in [-0.05, 0) is 54.1 Å². The number of non-ortho nitro benzene ring substituents is 1. The molecule has 1 fully saturated rings. The Morgan fingerprint density at radius 3 is 2.42 bits per heavy atom. The van der Waals surface area contributed by atoms with Gasteiger partial charge in [-0.1, -0.05) is 42.2 Å².